The number of nitrogens with zero attached hydrogens (tertiary/aromatic N) is 3. The molecule has 0 spiro atoms. The summed E-state index contributed by atoms with van der Waals surface area (Å²) in [5.74, 6) is -0.612. The maximum atomic E-state index is 13.1. The highest BCUT2D eigenvalue weighted by molar-refractivity contribution is 7.22. The molecule has 0 atom stereocenters. The molecule has 0 aliphatic carbocycles. The van der Waals surface area contributed by atoms with E-state index in [2.05, 4.69) is 20.5 Å². The normalized spacial score (nSPS) is 13.8. The molecule has 2 aromatic carbocycles. The molecule has 9 nitrogen and oxygen atoms in total. The van der Waals surface area contributed by atoms with Gasteiger partial charge in [-0.05, 0) is 43.5 Å². The number of anilines is 3. The largest absolute Gasteiger partial charge is 0.371 e. The second-order valence-electron chi connectivity index (χ2n) is 7.34. The lowest BCUT2D eigenvalue weighted by Crippen LogP contribution is -2.31. The SMILES string of the molecule is CC(=O)Nc1nc2ccc(NC(=O)c3cc([N+](=O)[O-])ccc3N3CCCCC3)cc2s1. The number of rotatable bonds is 5. The number of thiazole rings is 1. The van der Waals surface area contributed by atoms with Crippen molar-refractivity contribution in [2.45, 2.75) is 26.2 Å². The number of aromatic nitrogens is 1. The number of nitrogens with one attached hydrogen (secondary N) is 2. The highest BCUT2D eigenvalue weighted by Crippen LogP contribution is 2.31. The molecule has 0 bridgehead atoms. The number of carbonyl (C=O) groups excluding carboxylic acids is 2. The molecule has 0 radical (unpaired) electrons. The second kappa shape index (κ2) is 8.68. The van der Waals surface area contributed by atoms with Crippen LogP contribution in [0, 0.1) is 10.1 Å². The van der Waals surface area contributed by atoms with Crippen molar-refractivity contribution < 1.29 is 14.5 Å². The number of fused-ring (bicyclic) bond motifs is 1. The van der Waals surface area contributed by atoms with Crippen LogP contribution in [0.25, 0.3) is 10.2 Å². The Balaban J connectivity index is 1.63. The summed E-state index contributed by atoms with van der Waals surface area (Å²) in [7, 11) is 0. The molecule has 1 saturated heterocycles. The molecule has 0 saturated carbocycles. The molecule has 160 valence electrons. The van der Waals surface area contributed by atoms with E-state index in [9.17, 15) is 19.7 Å². The molecular formula is C21H21N5O4S. The van der Waals surface area contributed by atoms with E-state index >= 15 is 0 Å². The highest BCUT2D eigenvalue weighted by Gasteiger charge is 2.22. The van der Waals surface area contributed by atoms with Crippen molar-refractivity contribution >= 4 is 55.6 Å². The summed E-state index contributed by atoms with van der Waals surface area (Å²) < 4.78 is 0.803. The minimum absolute atomic E-state index is 0.122. The fourth-order valence-corrected chi connectivity index (χ4v) is 4.59. The monoisotopic (exact) mass is 439 g/mol. The van der Waals surface area contributed by atoms with Gasteiger partial charge in [0.1, 0.15) is 0 Å². The molecule has 1 fully saturated rings. The first-order valence-electron chi connectivity index (χ1n) is 9.93. The van der Waals surface area contributed by atoms with E-state index in [4.69, 9.17) is 0 Å². The van der Waals surface area contributed by atoms with Gasteiger partial charge in [0.25, 0.3) is 11.6 Å². The Labute approximate surface area is 182 Å². The summed E-state index contributed by atoms with van der Waals surface area (Å²) >= 11 is 1.30. The lowest BCUT2D eigenvalue weighted by Gasteiger charge is -2.30. The number of hydrogen-bond acceptors (Lipinski definition) is 7. The number of amides is 2. The Kier molecular flexibility index (Phi) is 5.81. The molecule has 2 amide bonds. The molecule has 31 heavy (non-hydrogen) atoms. The van der Waals surface area contributed by atoms with Gasteiger partial charge in [0.05, 0.1) is 26.4 Å². The van der Waals surface area contributed by atoms with Gasteiger partial charge < -0.3 is 15.5 Å². The Hall–Kier alpha value is -3.53. The van der Waals surface area contributed by atoms with Crippen molar-refractivity contribution in [3.8, 4) is 0 Å². The Morgan fingerprint density at radius 3 is 2.58 bits per heavy atom. The van der Waals surface area contributed by atoms with Gasteiger partial charge in [-0.25, -0.2) is 4.98 Å². The molecule has 4 rings (SSSR count). The van der Waals surface area contributed by atoms with Crippen LogP contribution >= 0.6 is 11.3 Å². The summed E-state index contributed by atoms with van der Waals surface area (Å²) in [6.07, 6.45) is 3.19. The van der Waals surface area contributed by atoms with Crippen LogP contribution in [0.4, 0.5) is 22.2 Å². The molecule has 2 N–H and O–H groups in total. The summed E-state index contributed by atoms with van der Waals surface area (Å²) in [5, 5.41) is 17.3. The molecule has 1 aliphatic heterocycles. The second-order valence-corrected chi connectivity index (χ2v) is 8.37. The van der Waals surface area contributed by atoms with E-state index in [-0.39, 0.29) is 17.2 Å². The highest BCUT2D eigenvalue weighted by atomic mass is 32.1. The van der Waals surface area contributed by atoms with Gasteiger partial charge in [0.15, 0.2) is 5.13 Å². The van der Waals surface area contributed by atoms with Crippen LogP contribution in [0.3, 0.4) is 0 Å². The summed E-state index contributed by atoms with van der Waals surface area (Å²) in [6, 6.07) is 9.67. The predicted molar refractivity (Wildman–Crippen MR) is 121 cm³/mol. The van der Waals surface area contributed by atoms with Crippen LogP contribution in [-0.2, 0) is 4.79 Å². The third-order valence-corrected chi connectivity index (χ3v) is 6.00. The number of piperidine rings is 1. The van der Waals surface area contributed by atoms with E-state index in [1.165, 1.54) is 30.4 Å². The summed E-state index contributed by atoms with van der Waals surface area (Å²) in [4.78, 5) is 41.6. The Bertz CT molecular complexity index is 1170. The fourth-order valence-electron chi connectivity index (χ4n) is 3.63. The van der Waals surface area contributed by atoms with Crippen molar-refractivity contribution in [3.05, 3.63) is 52.1 Å². The summed E-state index contributed by atoms with van der Waals surface area (Å²) in [5.41, 5.74) is 2.11. The topological polar surface area (TPSA) is 117 Å². The maximum absolute atomic E-state index is 13.1. The number of benzene rings is 2. The van der Waals surface area contributed by atoms with E-state index < -0.39 is 10.8 Å². The van der Waals surface area contributed by atoms with Crippen molar-refractivity contribution in [3.63, 3.8) is 0 Å². The summed E-state index contributed by atoms with van der Waals surface area (Å²) in [6.45, 7) is 3.05. The predicted octanol–water partition coefficient (Wildman–Crippen LogP) is 4.41. The van der Waals surface area contributed by atoms with E-state index in [0.717, 1.165) is 37.1 Å². The average molecular weight is 439 g/mol. The van der Waals surface area contributed by atoms with Gasteiger partial charge in [-0.1, -0.05) is 11.3 Å². The molecule has 0 unspecified atom stereocenters. The van der Waals surface area contributed by atoms with Gasteiger partial charge in [-0.3, -0.25) is 19.7 Å². The number of nitro benzene ring substituents is 1. The average Bonchev–Trinajstić information content (AvgIpc) is 3.14. The van der Waals surface area contributed by atoms with Gasteiger partial charge in [-0.15, -0.1) is 0 Å². The number of hydrogen-bond donors (Lipinski definition) is 2. The number of carbonyl (C=O) groups is 2. The molecule has 1 aliphatic rings. The minimum atomic E-state index is -0.496. The molecule has 1 aromatic heterocycles. The van der Waals surface area contributed by atoms with Crippen molar-refractivity contribution in [2.24, 2.45) is 0 Å². The molecule has 2 heterocycles. The standard InChI is InChI=1S/C21H21N5O4S/c1-13(27)22-21-24-17-7-5-14(11-19(17)31-21)23-20(28)16-12-15(26(29)30)6-8-18(16)25-9-3-2-4-10-25/h5-8,11-12H,2-4,9-10H2,1H3,(H,23,28)(H,22,24,27). The molecule has 3 aromatic rings. The molecular weight excluding hydrogens is 418 g/mol. The first kappa shape index (κ1) is 20.7. The van der Waals surface area contributed by atoms with E-state index in [1.54, 1.807) is 24.3 Å². The van der Waals surface area contributed by atoms with Gasteiger partial charge >= 0.3 is 0 Å². The van der Waals surface area contributed by atoms with Crippen molar-refractivity contribution in [2.75, 3.05) is 28.6 Å². The van der Waals surface area contributed by atoms with Crippen LogP contribution in [-0.4, -0.2) is 34.8 Å². The zero-order valence-corrected chi connectivity index (χ0v) is 17.7. The number of nitro groups is 1. The fraction of sp³-hybridized carbons (Fsp3) is 0.286. The molecule has 10 heteroatoms. The third-order valence-electron chi connectivity index (χ3n) is 5.06. The number of non-ortho nitro benzene ring substituents is 1. The lowest BCUT2D eigenvalue weighted by atomic mass is 10.1. The van der Waals surface area contributed by atoms with Crippen LogP contribution in [0.1, 0.15) is 36.5 Å². The zero-order valence-electron chi connectivity index (χ0n) is 16.9. The van der Waals surface area contributed by atoms with Crippen LogP contribution in [0.2, 0.25) is 0 Å². The van der Waals surface area contributed by atoms with Gasteiger partial charge in [0.2, 0.25) is 5.91 Å². The smallest absolute Gasteiger partial charge is 0.270 e. The Morgan fingerprint density at radius 1 is 1.10 bits per heavy atom. The van der Waals surface area contributed by atoms with Crippen LogP contribution < -0.4 is 15.5 Å². The minimum Gasteiger partial charge on any atom is -0.371 e. The zero-order chi connectivity index (χ0) is 22.0. The first-order chi connectivity index (χ1) is 14.9. The van der Waals surface area contributed by atoms with Crippen molar-refractivity contribution in [1.82, 2.24) is 4.98 Å². The van der Waals surface area contributed by atoms with Crippen LogP contribution in [0.5, 0.6) is 0 Å². The van der Waals surface area contributed by atoms with E-state index in [1.807, 2.05) is 0 Å². The van der Waals surface area contributed by atoms with Crippen LogP contribution in [0.15, 0.2) is 36.4 Å². The maximum Gasteiger partial charge on any atom is 0.270 e. The Morgan fingerprint density at radius 2 is 1.87 bits per heavy atom. The van der Waals surface area contributed by atoms with E-state index in [0.29, 0.717) is 22.0 Å². The first-order valence-corrected chi connectivity index (χ1v) is 10.8. The third kappa shape index (κ3) is 4.64. The van der Waals surface area contributed by atoms with Gasteiger partial charge in [0, 0.05) is 37.8 Å². The lowest BCUT2D eigenvalue weighted by molar-refractivity contribution is -0.384. The quantitative estimate of drug-likeness (QED) is 0.449. The van der Waals surface area contributed by atoms with Gasteiger partial charge in [-0.2, -0.15) is 0 Å². The van der Waals surface area contributed by atoms with Crippen molar-refractivity contribution in [1.29, 1.82) is 0 Å².